The molecule has 0 aliphatic rings. The van der Waals surface area contributed by atoms with Gasteiger partial charge in [0, 0.05) is 18.7 Å². The van der Waals surface area contributed by atoms with Crippen molar-refractivity contribution in [1.82, 2.24) is 10.3 Å². The highest BCUT2D eigenvalue weighted by atomic mass is 19.1. The number of rotatable bonds is 5. The summed E-state index contributed by atoms with van der Waals surface area (Å²) in [4.78, 5) is 4.32. The molecule has 0 saturated heterocycles. The molecule has 1 N–H and O–H groups in total. The van der Waals surface area contributed by atoms with Gasteiger partial charge in [-0.3, -0.25) is 0 Å². The molecule has 19 heavy (non-hydrogen) atoms. The number of pyridine rings is 1. The zero-order valence-corrected chi connectivity index (χ0v) is 11.1. The Labute approximate surface area is 112 Å². The Hall–Kier alpha value is -1.94. The van der Waals surface area contributed by atoms with E-state index in [1.54, 1.807) is 19.2 Å². The number of hydrogen-bond donors (Lipinski definition) is 1. The van der Waals surface area contributed by atoms with Gasteiger partial charge < -0.3 is 10.1 Å². The summed E-state index contributed by atoms with van der Waals surface area (Å²) in [7, 11) is 1.59. The maximum absolute atomic E-state index is 13.1. The molecule has 0 amide bonds. The summed E-state index contributed by atoms with van der Waals surface area (Å²) in [5.41, 5.74) is 1.81. The first-order valence-electron chi connectivity index (χ1n) is 6.18. The molecule has 1 heterocycles. The average Bonchev–Trinajstić information content (AvgIpc) is 2.45. The van der Waals surface area contributed by atoms with Crippen molar-refractivity contribution in [1.29, 1.82) is 0 Å². The Bertz CT molecular complexity index is 545. The van der Waals surface area contributed by atoms with E-state index < -0.39 is 0 Å². The topological polar surface area (TPSA) is 34.1 Å². The smallest absolute Gasteiger partial charge is 0.213 e. The van der Waals surface area contributed by atoms with Crippen LogP contribution in [0.3, 0.4) is 0 Å². The Morgan fingerprint density at radius 1 is 1.26 bits per heavy atom. The zero-order valence-electron chi connectivity index (χ0n) is 11.1. The van der Waals surface area contributed by atoms with Gasteiger partial charge in [-0.05, 0) is 30.7 Å². The van der Waals surface area contributed by atoms with Gasteiger partial charge in [0.15, 0.2) is 0 Å². The number of benzene rings is 1. The Morgan fingerprint density at radius 2 is 2.05 bits per heavy atom. The second-order valence-electron chi connectivity index (χ2n) is 4.33. The van der Waals surface area contributed by atoms with Gasteiger partial charge in [-0.25, -0.2) is 9.37 Å². The third-order valence-corrected chi connectivity index (χ3v) is 2.93. The summed E-state index contributed by atoms with van der Waals surface area (Å²) >= 11 is 0. The molecule has 100 valence electrons. The minimum Gasteiger partial charge on any atom is -0.481 e. The molecule has 2 rings (SSSR count). The summed E-state index contributed by atoms with van der Waals surface area (Å²) < 4.78 is 18.2. The lowest BCUT2D eigenvalue weighted by Gasteiger charge is -2.14. The van der Waals surface area contributed by atoms with Gasteiger partial charge in [-0.1, -0.05) is 18.2 Å². The first-order valence-corrected chi connectivity index (χ1v) is 6.18. The SMILES string of the molecule is COc1cccc(CNC(C)c2cccc(F)c2)n1. The van der Waals surface area contributed by atoms with E-state index in [-0.39, 0.29) is 11.9 Å². The maximum atomic E-state index is 13.1. The monoisotopic (exact) mass is 260 g/mol. The van der Waals surface area contributed by atoms with Crippen LogP contribution in [0.4, 0.5) is 4.39 Å². The van der Waals surface area contributed by atoms with Crippen molar-refractivity contribution < 1.29 is 9.13 Å². The van der Waals surface area contributed by atoms with Crippen molar-refractivity contribution in [3.8, 4) is 5.88 Å². The molecule has 1 aromatic heterocycles. The van der Waals surface area contributed by atoms with Crippen molar-refractivity contribution in [3.63, 3.8) is 0 Å². The van der Waals surface area contributed by atoms with Crippen molar-refractivity contribution in [2.75, 3.05) is 7.11 Å². The fourth-order valence-corrected chi connectivity index (χ4v) is 1.82. The highest BCUT2D eigenvalue weighted by molar-refractivity contribution is 5.20. The standard InChI is InChI=1S/C15H17FN2O/c1-11(12-5-3-6-13(16)9-12)17-10-14-7-4-8-15(18-14)19-2/h3-9,11,17H,10H2,1-2H3. The van der Waals surface area contributed by atoms with Crippen LogP contribution in [-0.2, 0) is 6.54 Å². The molecule has 1 aromatic carbocycles. The van der Waals surface area contributed by atoms with E-state index in [0.29, 0.717) is 12.4 Å². The fraction of sp³-hybridized carbons (Fsp3) is 0.267. The quantitative estimate of drug-likeness (QED) is 0.897. The van der Waals surface area contributed by atoms with E-state index in [0.717, 1.165) is 11.3 Å². The molecule has 1 unspecified atom stereocenters. The van der Waals surface area contributed by atoms with E-state index in [4.69, 9.17) is 4.74 Å². The van der Waals surface area contributed by atoms with Crippen molar-refractivity contribution >= 4 is 0 Å². The van der Waals surface area contributed by atoms with E-state index in [1.807, 2.05) is 25.1 Å². The number of hydrogen-bond acceptors (Lipinski definition) is 3. The van der Waals surface area contributed by atoms with E-state index in [9.17, 15) is 4.39 Å². The largest absolute Gasteiger partial charge is 0.481 e. The predicted molar refractivity (Wildman–Crippen MR) is 72.4 cm³/mol. The maximum Gasteiger partial charge on any atom is 0.213 e. The van der Waals surface area contributed by atoms with Gasteiger partial charge in [0.25, 0.3) is 0 Å². The summed E-state index contributed by atoms with van der Waals surface area (Å²) in [6, 6.07) is 12.3. The normalized spacial score (nSPS) is 12.2. The summed E-state index contributed by atoms with van der Waals surface area (Å²) in [6.07, 6.45) is 0. The van der Waals surface area contributed by atoms with Gasteiger partial charge in [0.05, 0.1) is 12.8 Å². The average molecular weight is 260 g/mol. The first kappa shape index (κ1) is 13.5. The highest BCUT2D eigenvalue weighted by Crippen LogP contribution is 2.14. The number of methoxy groups -OCH3 is 1. The lowest BCUT2D eigenvalue weighted by atomic mass is 10.1. The second-order valence-corrected chi connectivity index (χ2v) is 4.33. The summed E-state index contributed by atoms with van der Waals surface area (Å²) in [5.74, 6) is 0.378. The molecule has 1 atom stereocenters. The van der Waals surface area contributed by atoms with Crippen LogP contribution in [0.2, 0.25) is 0 Å². The van der Waals surface area contributed by atoms with Crippen LogP contribution in [0.1, 0.15) is 24.2 Å². The van der Waals surface area contributed by atoms with Crippen LogP contribution < -0.4 is 10.1 Å². The molecule has 4 heteroatoms. The van der Waals surface area contributed by atoms with Crippen LogP contribution in [0.25, 0.3) is 0 Å². The lowest BCUT2D eigenvalue weighted by Crippen LogP contribution is -2.18. The van der Waals surface area contributed by atoms with Gasteiger partial charge in [0.2, 0.25) is 5.88 Å². The Morgan fingerprint density at radius 3 is 2.79 bits per heavy atom. The van der Waals surface area contributed by atoms with Gasteiger partial charge >= 0.3 is 0 Å². The Balaban J connectivity index is 1.98. The Kier molecular flexibility index (Phi) is 4.47. The third-order valence-electron chi connectivity index (χ3n) is 2.93. The molecular weight excluding hydrogens is 243 g/mol. The summed E-state index contributed by atoms with van der Waals surface area (Å²) in [6.45, 7) is 2.60. The molecule has 2 aromatic rings. The molecule has 0 aliphatic heterocycles. The van der Waals surface area contributed by atoms with Crippen molar-refractivity contribution in [2.24, 2.45) is 0 Å². The van der Waals surface area contributed by atoms with Gasteiger partial charge in [-0.2, -0.15) is 0 Å². The van der Waals surface area contributed by atoms with E-state index >= 15 is 0 Å². The number of nitrogens with zero attached hydrogens (tertiary/aromatic N) is 1. The molecule has 0 radical (unpaired) electrons. The second kappa shape index (κ2) is 6.29. The summed E-state index contributed by atoms with van der Waals surface area (Å²) in [5, 5.41) is 3.31. The highest BCUT2D eigenvalue weighted by Gasteiger charge is 2.06. The predicted octanol–water partition coefficient (Wildman–Crippen LogP) is 3.08. The minimum absolute atomic E-state index is 0.0590. The fourth-order valence-electron chi connectivity index (χ4n) is 1.82. The van der Waals surface area contributed by atoms with Crippen molar-refractivity contribution in [2.45, 2.75) is 19.5 Å². The van der Waals surface area contributed by atoms with Crippen LogP contribution in [0.5, 0.6) is 5.88 Å². The molecule has 0 fully saturated rings. The third kappa shape index (κ3) is 3.76. The number of aromatic nitrogens is 1. The van der Waals surface area contributed by atoms with Crippen LogP contribution in [0.15, 0.2) is 42.5 Å². The van der Waals surface area contributed by atoms with Crippen molar-refractivity contribution in [3.05, 3.63) is 59.5 Å². The molecule has 0 spiro atoms. The molecular formula is C15H17FN2O. The minimum atomic E-state index is -0.217. The molecule has 0 bridgehead atoms. The molecule has 0 saturated carbocycles. The van der Waals surface area contributed by atoms with Gasteiger partial charge in [-0.15, -0.1) is 0 Å². The first-order chi connectivity index (χ1) is 9.19. The van der Waals surface area contributed by atoms with Crippen LogP contribution in [-0.4, -0.2) is 12.1 Å². The van der Waals surface area contributed by atoms with Crippen LogP contribution >= 0.6 is 0 Å². The number of nitrogens with one attached hydrogen (secondary N) is 1. The lowest BCUT2D eigenvalue weighted by molar-refractivity contribution is 0.395. The van der Waals surface area contributed by atoms with E-state index in [1.165, 1.54) is 12.1 Å². The zero-order chi connectivity index (χ0) is 13.7. The molecule has 3 nitrogen and oxygen atoms in total. The van der Waals surface area contributed by atoms with E-state index in [2.05, 4.69) is 10.3 Å². The van der Waals surface area contributed by atoms with Crippen LogP contribution in [0, 0.1) is 5.82 Å². The number of halogens is 1. The number of ether oxygens (including phenoxy) is 1. The molecule has 0 aliphatic carbocycles. The van der Waals surface area contributed by atoms with Gasteiger partial charge in [0.1, 0.15) is 5.82 Å².